The number of nitrogens with zero attached hydrogens (tertiary/aromatic N) is 3. The van der Waals surface area contributed by atoms with Gasteiger partial charge in [0.1, 0.15) is 22.5 Å². The Kier molecular flexibility index (Phi) is 2.51. The van der Waals surface area contributed by atoms with Crippen LogP contribution in [0.3, 0.4) is 0 Å². The molecule has 2 heterocycles. The molecule has 6 heteroatoms. The number of hydrogen-bond donors (Lipinski definition) is 2. The van der Waals surface area contributed by atoms with Gasteiger partial charge in [0.2, 0.25) is 0 Å². The normalized spacial score (nSPS) is 11.9. The Hall–Kier alpha value is -2.89. The number of para-hydroxylation sites is 2. The number of fused-ring (bicyclic) bond motifs is 4. The van der Waals surface area contributed by atoms with Crippen LogP contribution in [0.4, 0.5) is 0 Å². The van der Waals surface area contributed by atoms with Crippen molar-refractivity contribution < 1.29 is 15.0 Å². The number of rotatable bonds is 4. The van der Waals surface area contributed by atoms with Crippen LogP contribution in [0.5, 0.6) is 5.75 Å². The van der Waals surface area contributed by atoms with Gasteiger partial charge < -0.3 is 10.2 Å². The van der Waals surface area contributed by atoms with E-state index in [0.29, 0.717) is 12.1 Å². The van der Waals surface area contributed by atoms with Crippen LogP contribution in [-0.2, 0) is 11.2 Å². The topological polar surface area (TPSA) is 71.3 Å². The molecule has 0 saturated carbocycles. The fourth-order valence-electron chi connectivity index (χ4n) is 2.88. The van der Waals surface area contributed by atoms with Crippen LogP contribution >= 0.6 is 0 Å². The van der Waals surface area contributed by atoms with E-state index in [1.807, 2.05) is 57.4 Å². The SMILES string of the molecule is Cc1cc(CCC(=O)O)cc(-n2n3c4ccccc4n23)c1O. The number of aromatic nitrogens is 3. The Bertz CT molecular complexity index is 947. The van der Waals surface area contributed by atoms with E-state index in [4.69, 9.17) is 5.11 Å². The monoisotopic (exact) mass is 297 g/mol. The van der Waals surface area contributed by atoms with Gasteiger partial charge in [-0.15, -0.1) is 14.1 Å². The molecule has 0 aliphatic heterocycles. The maximum Gasteiger partial charge on any atom is 0.303 e. The molecule has 4 rings (SSSR count). The van der Waals surface area contributed by atoms with E-state index in [1.165, 1.54) is 0 Å². The summed E-state index contributed by atoms with van der Waals surface area (Å²) in [5.41, 5.74) is 4.52. The third-order valence-corrected chi connectivity index (χ3v) is 4.00. The Morgan fingerprint density at radius 1 is 1.14 bits per heavy atom. The fraction of sp³-hybridized carbons (Fsp3) is 0.188. The lowest BCUT2D eigenvalue weighted by atomic mass is 10.0. The van der Waals surface area contributed by atoms with Crippen molar-refractivity contribution in [2.24, 2.45) is 0 Å². The Labute approximate surface area is 125 Å². The number of carboxylic acids is 1. The number of benzene rings is 2. The zero-order valence-corrected chi connectivity index (χ0v) is 12.0. The van der Waals surface area contributed by atoms with Gasteiger partial charge >= 0.3 is 5.97 Å². The van der Waals surface area contributed by atoms with Crippen molar-refractivity contribution >= 4 is 17.0 Å². The Morgan fingerprint density at radius 2 is 1.77 bits per heavy atom. The molecule has 22 heavy (non-hydrogen) atoms. The molecule has 0 saturated heterocycles. The summed E-state index contributed by atoms with van der Waals surface area (Å²) < 4.78 is 3.93. The molecule has 0 radical (unpaired) electrons. The molecular weight excluding hydrogens is 282 g/mol. The second kappa shape index (κ2) is 4.30. The van der Waals surface area contributed by atoms with Gasteiger partial charge in [-0.25, -0.2) is 0 Å². The maximum absolute atomic E-state index is 10.7. The molecule has 0 bridgehead atoms. The molecule has 0 amide bonds. The number of aromatic hydroxyl groups is 1. The van der Waals surface area contributed by atoms with E-state index in [1.54, 1.807) is 0 Å². The number of carbonyl (C=O) groups is 1. The zero-order valence-electron chi connectivity index (χ0n) is 12.0. The van der Waals surface area contributed by atoms with Gasteiger partial charge in [-0.2, -0.15) is 0 Å². The van der Waals surface area contributed by atoms with Crippen LogP contribution in [0, 0.1) is 6.92 Å². The highest BCUT2D eigenvalue weighted by atomic mass is 16.4. The van der Waals surface area contributed by atoms with Crippen molar-refractivity contribution in [1.82, 2.24) is 14.1 Å². The summed E-state index contributed by atoms with van der Waals surface area (Å²) >= 11 is 0. The van der Waals surface area contributed by atoms with Crippen LogP contribution in [-0.4, -0.2) is 30.2 Å². The highest BCUT2D eigenvalue weighted by molar-refractivity contribution is 5.79. The van der Waals surface area contributed by atoms with Gasteiger partial charge in [0, 0.05) is 6.42 Å². The first-order chi connectivity index (χ1) is 10.6. The molecule has 6 nitrogen and oxygen atoms in total. The molecule has 2 N–H and O–H groups in total. The second-order valence-corrected chi connectivity index (χ2v) is 5.53. The summed E-state index contributed by atoms with van der Waals surface area (Å²) in [6, 6.07) is 11.7. The molecule has 0 aliphatic carbocycles. The predicted octanol–water partition coefficient (Wildman–Crippen LogP) is 2.45. The smallest absolute Gasteiger partial charge is 0.303 e. The number of aliphatic carboxylic acids is 1. The molecule has 2 aromatic heterocycles. The van der Waals surface area contributed by atoms with Crippen LogP contribution in [0.1, 0.15) is 17.5 Å². The number of hydrogen-bond acceptors (Lipinski definition) is 2. The second-order valence-electron chi connectivity index (χ2n) is 5.53. The van der Waals surface area contributed by atoms with Gasteiger partial charge in [0.05, 0.1) is 0 Å². The van der Waals surface area contributed by atoms with E-state index >= 15 is 0 Å². The minimum absolute atomic E-state index is 0.0807. The average molecular weight is 297 g/mol. The third kappa shape index (κ3) is 1.70. The van der Waals surface area contributed by atoms with Gasteiger partial charge in [-0.1, -0.05) is 18.2 Å². The summed E-state index contributed by atoms with van der Waals surface area (Å²) in [6.07, 6.45) is 0.529. The molecule has 4 aromatic rings. The first kappa shape index (κ1) is 12.8. The fourth-order valence-corrected chi connectivity index (χ4v) is 2.88. The van der Waals surface area contributed by atoms with E-state index in [9.17, 15) is 9.90 Å². The van der Waals surface area contributed by atoms with Crippen LogP contribution in [0.2, 0.25) is 0 Å². The maximum atomic E-state index is 10.7. The minimum Gasteiger partial charge on any atom is -0.505 e. The highest BCUT2D eigenvalue weighted by Gasteiger charge is 2.26. The Balaban J connectivity index is 1.80. The third-order valence-electron chi connectivity index (χ3n) is 4.00. The van der Waals surface area contributed by atoms with Crippen molar-refractivity contribution in [1.29, 1.82) is 0 Å². The van der Waals surface area contributed by atoms with Crippen molar-refractivity contribution in [3.8, 4) is 11.4 Å². The van der Waals surface area contributed by atoms with Gasteiger partial charge in [0.25, 0.3) is 0 Å². The standard InChI is InChI=1S/C16H15N3O3/c1-10-8-11(6-7-15(20)21)9-14(16(10)22)19-17-12-4-2-3-5-13(12)18(17)19/h2-5,8-9,22H,6-7H2,1H3,(H,20,21). The summed E-state index contributed by atoms with van der Waals surface area (Å²) in [5, 5.41) is 19.2. The largest absolute Gasteiger partial charge is 0.505 e. The van der Waals surface area contributed by atoms with Crippen LogP contribution < -0.4 is 0 Å². The van der Waals surface area contributed by atoms with E-state index < -0.39 is 5.97 Å². The van der Waals surface area contributed by atoms with Gasteiger partial charge in [-0.3, -0.25) is 4.79 Å². The Morgan fingerprint density at radius 3 is 2.36 bits per heavy atom. The lowest BCUT2D eigenvalue weighted by molar-refractivity contribution is -0.136. The van der Waals surface area contributed by atoms with Crippen molar-refractivity contribution in [2.75, 3.05) is 0 Å². The quantitative estimate of drug-likeness (QED) is 0.608. The molecule has 2 aromatic carbocycles. The zero-order chi connectivity index (χ0) is 15.4. The molecule has 0 unspecified atom stereocenters. The first-order valence-corrected chi connectivity index (χ1v) is 7.11. The predicted molar refractivity (Wildman–Crippen MR) is 81.2 cm³/mol. The number of phenols is 1. The molecule has 0 atom stereocenters. The lowest BCUT2D eigenvalue weighted by Gasteiger charge is -2.07. The molecule has 0 spiro atoms. The summed E-state index contributed by atoms with van der Waals surface area (Å²) in [6.45, 7) is 1.83. The number of phenolic OH excluding ortho intramolecular Hbond substituents is 1. The summed E-state index contributed by atoms with van der Waals surface area (Å²) in [7, 11) is 0. The van der Waals surface area contributed by atoms with E-state index in [-0.39, 0.29) is 12.2 Å². The van der Waals surface area contributed by atoms with E-state index in [0.717, 1.165) is 22.2 Å². The summed E-state index contributed by atoms with van der Waals surface area (Å²) in [5.74, 6) is -0.599. The van der Waals surface area contributed by atoms with Crippen molar-refractivity contribution in [2.45, 2.75) is 19.8 Å². The molecular formula is C16H15N3O3. The average Bonchev–Trinajstić information content (AvgIpc) is 3.14. The van der Waals surface area contributed by atoms with Crippen molar-refractivity contribution in [3.63, 3.8) is 0 Å². The van der Waals surface area contributed by atoms with Gasteiger partial charge in [0.15, 0.2) is 0 Å². The summed E-state index contributed by atoms with van der Waals surface area (Å²) in [4.78, 5) is 12.6. The van der Waals surface area contributed by atoms with Gasteiger partial charge in [-0.05, 0) is 42.7 Å². The molecule has 0 aliphatic rings. The van der Waals surface area contributed by atoms with Crippen LogP contribution in [0.15, 0.2) is 36.4 Å². The van der Waals surface area contributed by atoms with Crippen molar-refractivity contribution in [3.05, 3.63) is 47.5 Å². The lowest BCUT2D eigenvalue weighted by Crippen LogP contribution is -1.99. The molecule has 0 fully saturated rings. The highest BCUT2D eigenvalue weighted by Crippen LogP contribution is 2.33. The molecule has 112 valence electrons. The minimum atomic E-state index is -0.820. The number of aryl methyl sites for hydroxylation is 2. The van der Waals surface area contributed by atoms with E-state index in [2.05, 4.69) is 0 Å². The first-order valence-electron chi connectivity index (χ1n) is 7.11. The number of carboxylic acid groups (broad SMARTS) is 1. The van der Waals surface area contributed by atoms with Crippen LogP contribution in [0.25, 0.3) is 16.7 Å².